The van der Waals surface area contributed by atoms with Gasteiger partial charge in [0.05, 0.1) is 17.2 Å². The number of hydrogen-bond acceptors (Lipinski definition) is 5. The summed E-state index contributed by atoms with van der Waals surface area (Å²) in [6.07, 6.45) is -0.0383. The molecule has 33 heavy (non-hydrogen) atoms. The number of benzene rings is 1. The first-order chi connectivity index (χ1) is 15.0. The summed E-state index contributed by atoms with van der Waals surface area (Å²) < 4.78 is 47.2. The summed E-state index contributed by atoms with van der Waals surface area (Å²) in [6.45, 7) is 13.0. The lowest BCUT2D eigenvalue weighted by Crippen LogP contribution is -2.43. The summed E-state index contributed by atoms with van der Waals surface area (Å²) in [5.41, 5.74) is -2.75. The molecule has 0 aliphatic carbocycles. The molecule has 0 N–H and O–H groups in total. The van der Waals surface area contributed by atoms with Gasteiger partial charge in [0.25, 0.3) is 5.91 Å². The Labute approximate surface area is 194 Å². The van der Waals surface area contributed by atoms with E-state index in [0.29, 0.717) is 6.42 Å². The first-order valence-electron chi connectivity index (χ1n) is 11.1. The molecule has 2 aliphatic rings. The molecule has 1 atom stereocenters. The quantitative estimate of drug-likeness (QED) is 0.640. The van der Waals surface area contributed by atoms with E-state index in [4.69, 9.17) is 14.0 Å². The van der Waals surface area contributed by atoms with E-state index >= 15 is 4.39 Å². The summed E-state index contributed by atoms with van der Waals surface area (Å²) >= 11 is 0. The van der Waals surface area contributed by atoms with E-state index in [0.717, 1.165) is 6.07 Å². The van der Waals surface area contributed by atoms with Gasteiger partial charge in [0.15, 0.2) is 0 Å². The highest BCUT2D eigenvalue weighted by Crippen LogP contribution is 2.37. The lowest BCUT2D eigenvalue weighted by Gasteiger charge is -2.32. The van der Waals surface area contributed by atoms with E-state index in [-0.39, 0.29) is 24.6 Å². The summed E-state index contributed by atoms with van der Waals surface area (Å²) in [5.74, 6) is -2.73. The molecule has 1 aromatic rings. The zero-order chi connectivity index (χ0) is 24.9. The molecule has 182 valence electrons. The molecule has 2 saturated heterocycles. The van der Waals surface area contributed by atoms with Gasteiger partial charge in [-0.15, -0.1) is 0 Å². The standard InChI is InChI=1S/C23H33BF2N2O5/c1-21(2,3)31-20(30)27(8)14-11-12-28(13-14)19(29)17-16(25)10-9-15(18(17)26)24-32-22(4,5)23(6,7)33-24/h9-10,14H,11-13H2,1-8H3. The maximum atomic E-state index is 15.4. The fourth-order valence-electron chi connectivity index (χ4n) is 3.80. The summed E-state index contributed by atoms with van der Waals surface area (Å²) in [7, 11) is 0.527. The van der Waals surface area contributed by atoms with Gasteiger partial charge in [0, 0.05) is 25.6 Å². The van der Waals surface area contributed by atoms with Crippen molar-refractivity contribution in [1.29, 1.82) is 0 Å². The smallest absolute Gasteiger partial charge is 0.444 e. The van der Waals surface area contributed by atoms with Crippen LogP contribution in [0.3, 0.4) is 0 Å². The zero-order valence-corrected chi connectivity index (χ0v) is 20.6. The molecule has 0 saturated carbocycles. The van der Waals surface area contributed by atoms with Gasteiger partial charge in [-0.2, -0.15) is 0 Å². The van der Waals surface area contributed by atoms with Crippen molar-refractivity contribution in [1.82, 2.24) is 9.80 Å². The Kier molecular flexibility index (Phi) is 6.58. The molecule has 2 aliphatic heterocycles. The molecule has 0 aromatic heterocycles. The molecule has 2 heterocycles. The first-order valence-corrected chi connectivity index (χ1v) is 11.1. The number of carbonyl (C=O) groups is 2. The number of likely N-dealkylation sites (tertiary alicyclic amines) is 1. The second-order valence-corrected chi connectivity index (χ2v) is 10.7. The Morgan fingerprint density at radius 2 is 1.73 bits per heavy atom. The van der Waals surface area contributed by atoms with Crippen LogP contribution in [0.25, 0.3) is 0 Å². The number of carbonyl (C=O) groups excluding carboxylic acids is 2. The van der Waals surface area contributed by atoms with Crippen LogP contribution in [0.15, 0.2) is 12.1 Å². The number of likely N-dealkylation sites (N-methyl/N-ethyl adjacent to an activating group) is 1. The van der Waals surface area contributed by atoms with Crippen molar-refractivity contribution in [2.45, 2.75) is 77.7 Å². The Morgan fingerprint density at radius 1 is 1.15 bits per heavy atom. The van der Waals surface area contributed by atoms with Crippen molar-refractivity contribution in [3.63, 3.8) is 0 Å². The first kappa shape index (κ1) is 25.4. The maximum Gasteiger partial charge on any atom is 0.497 e. The van der Waals surface area contributed by atoms with Crippen LogP contribution in [0.4, 0.5) is 13.6 Å². The third kappa shape index (κ3) is 5.01. The average molecular weight is 466 g/mol. The summed E-state index contributed by atoms with van der Waals surface area (Å²) in [5, 5.41) is 0. The van der Waals surface area contributed by atoms with Crippen LogP contribution < -0.4 is 5.46 Å². The van der Waals surface area contributed by atoms with Gasteiger partial charge in [-0.05, 0) is 61.0 Å². The minimum atomic E-state index is -1.06. The number of ether oxygens (including phenoxy) is 1. The molecule has 0 bridgehead atoms. The monoisotopic (exact) mass is 466 g/mol. The van der Waals surface area contributed by atoms with Crippen molar-refractivity contribution < 1.29 is 32.4 Å². The number of halogens is 2. The Hall–Kier alpha value is -2.20. The Bertz CT molecular complexity index is 932. The molecular weight excluding hydrogens is 433 g/mol. The van der Waals surface area contributed by atoms with E-state index in [1.54, 1.807) is 27.8 Å². The SMILES string of the molecule is CN(C(=O)OC(C)(C)C)C1CCN(C(=O)c2c(F)ccc(B3OC(C)(C)C(C)(C)O3)c2F)C1. The molecule has 0 radical (unpaired) electrons. The topological polar surface area (TPSA) is 68.3 Å². The van der Waals surface area contributed by atoms with E-state index in [1.165, 1.54) is 15.9 Å². The molecule has 2 amide bonds. The van der Waals surface area contributed by atoms with Crippen LogP contribution in [0, 0.1) is 11.6 Å². The van der Waals surface area contributed by atoms with Crippen molar-refractivity contribution in [2.75, 3.05) is 20.1 Å². The van der Waals surface area contributed by atoms with Crippen LogP contribution in [-0.2, 0) is 14.0 Å². The third-order valence-corrected chi connectivity index (χ3v) is 6.52. The minimum Gasteiger partial charge on any atom is -0.444 e. The molecular formula is C23H33BF2N2O5. The predicted octanol–water partition coefficient (Wildman–Crippen LogP) is 3.35. The van der Waals surface area contributed by atoms with E-state index < -0.39 is 53.1 Å². The highest BCUT2D eigenvalue weighted by Gasteiger charge is 2.53. The fourth-order valence-corrected chi connectivity index (χ4v) is 3.80. The van der Waals surface area contributed by atoms with E-state index in [9.17, 15) is 14.0 Å². The normalized spacial score (nSPS) is 21.9. The highest BCUT2D eigenvalue weighted by atomic mass is 19.1. The average Bonchev–Trinajstić information content (AvgIpc) is 3.22. The Morgan fingerprint density at radius 3 is 2.27 bits per heavy atom. The largest absolute Gasteiger partial charge is 0.497 e. The van der Waals surface area contributed by atoms with Crippen LogP contribution in [-0.4, -0.2) is 71.9 Å². The third-order valence-electron chi connectivity index (χ3n) is 6.52. The van der Waals surface area contributed by atoms with Gasteiger partial charge in [0.1, 0.15) is 22.8 Å². The highest BCUT2D eigenvalue weighted by molar-refractivity contribution is 6.62. The van der Waals surface area contributed by atoms with Gasteiger partial charge in [0.2, 0.25) is 0 Å². The molecule has 3 rings (SSSR count). The second kappa shape index (κ2) is 8.54. The van der Waals surface area contributed by atoms with Crippen LogP contribution >= 0.6 is 0 Å². The molecule has 0 spiro atoms. The van der Waals surface area contributed by atoms with Crippen molar-refractivity contribution >= 4 is 24.6 Å². The van der Waals surface area contributed by atoms with Crippen molar-refractivity contribution in [3.8, 4) is 0 Å². The van der Waals surface area contributed by atoms with E-state index in [2.05, 4.69) is 0 Å². The fraction of sp³-hybridized carbons (Fsp3) is 0.652. The number of hydrogen-bond donors (Lipinski definition) is 0. The van der Waals surface area contributed by atoms with Crippen molar-refractivity contribution in [2.24, 2.45) is 0 Å². The van der Waals surface area contributed by atoms with Gasteiger partial charge >= 0.3 is 13.2 Å². The van der Waals surface area contributed by atoms with Crippen molar-refractivity contribution in [3.05, 3.63) is 29.3 Å². The van der Waals surface area contributed by atoms with E-state index in [1.807, 2.05) is 27.7 Å². The molecule has 2 fully saturated rings. The molecule has 7 nitrogen and oxygen atoms in total. The van der Waals surface area contributed by atoms with Crippen LogP contribution in [0.5, 0.6) is 0 Å². The number of rotatable bonds is 3. The second-order valence-electron chi connectivity index (χ2n) is 10.7. The predicted molar refractivity (Wildman–Crippen MR) is 120 cm³/mol. The van der Waals surface area contributed by atoms with Gasteiger partial charge < -0.3 is 23.8 Å². The van der Waals surface area contributed by atoms with Gasteiger partial charge in [-0.1, -0.05) is 6.07 Å². The zero-order valence-electron chi connectivity index (χ0n) is 20.6. The van der Waals surface area contributed by atoms with Gasteiger partial charge in [-0.3, -0.25) is 4.79 Å². The van der Waals surface area contributed by atoms with Gasteiger partial charge in [-0.25, -0.2) is 13.6 Å². The molecule has 10 heteroatoms. The Balaban J connectivity index is 1.79. The molecule has 1 aromatic carbocycles. The minimum absolute atomic E-state index is 0.0278. The number of amides is 2. The van der Waals surface area contributed by atoms with Crippen LogP contribution in [0.1, 0.15) is 65.2 Å². The molecule has 1 unspecified atom stereocenters. The maximum absolute atomic E-state index is 15.4. The lowest BCUT2D eigenvalue weighted by molar-refractivity contribution is 0.00578. The number of nitrogens with zero attached hydrogens (tertiary/aromatic N) is 2. The summed E-state index contributed by atoms with van der Waals surface area (Å²) in [6, 6.07) is 1.98. The van der Waals surface area contributed by atoms with Crippen LogP contribution in [0.2, 0.25) is 0 Å². The summed E-state index contributed by atoms with van der Waals surface area (Å²) in [4.78, 5) is 28.2. The lowest BCUT2D eigenvalue weighted by atomic mass is 9.77.